The number of nitrogens with zero attached hydrogens (tertiary/aromatic N) is 2. The van der Waals surface area contributed by atoms with E-state index in [0.29, 0.717) is 13.2 Å². The van der Waals surface area contributed by atoms with E-state index in [2.05, 4.69) is 16.9 Å². The average molecular weight is 257 g/mol. The Labute approximate surface area is 113 Å². The van der Waals surface area contributed by atoms with Crippen molar-refractivity contribution < 1.29 is 4.74 Å². The molecule has 2 aromatic rings. The number of hydrogen-bond acceptors (Lipinski definition) is 4. The largest absolute Gasteiger partial charge is 0.485 e. The van der Waals surface area contributed by atoms with Gasteiger partial charge in [0, 0.05) is 18.4 Å². The quantitative estimate of drug-likeness (QED) is 0.893. The number of aromatic nitrogens is 2. The third-order valence-corrected chi connectivity index (χ3v) is 2.90. The van der Waals surface area contributed by atoms with Gasteiger partial charge in [-0.2, -0.15) is 0 Å². The minimum Gasteiger partial charge on any atom is -0.485 e. The fourth-order valence-corrected chi connectivity index (χ4v) is 1.80. The summed E-state index contributed by atoms with van der Waals surface area (Å²) in [4.78, 5) is 8.78. The summed E-state index contributed by atoms with van der Waals surface area (Å²) in [5, 5.41) is 0. The van der Waals surface area contributed by atoms with Crippen molar-refractivity contribution in [3.8, 4) is 5.75 Å². The molecule has 100 valence electrons. The molecule has 0 radical (unpaired) electrons. The van der Waals surface area contributed by atoms with Gasteiger partial charge in [-0.1, -0.05) is 13.0 Å². The maximum Gasteiger partial charge on any atom is 0.141 e. The first-order valence-electron chi connectivity index (χ1n) is 6.46. The van der Waals surface area contributed by atoms with Gasteiger partial charge in [0.25, 0.3) is 0 Å². The van der Waals surface area contributed by atoms with E-state index in [4.69, 9.17) is 10.5 Å². The number of hydrogen-bond donors (Lipinski definition) is 1. The zero-order chi connectivity index (χ0) is 13.7. The summed E-state index contributed by atoms with van der Waals surface area (Å²) in [5.41, 5.74) is 9.44. The van der Waals surface area contributed by atoms with Crippen LogP contribution in [0, 0.1) is 6.92 Å². The van der Waals surface area contributed by atoms with Crippen LogP contribution in [0.5, 0.6) is 5.75 Å². The molecule has 0 aromatic carbocycles. The zero-order valence-corrected chi connectivity index (χ0v) is 11.4. The molecule has 2 rings (SSSR count). The van der Waals surface area contributed by atoms with Crippen LogP contribution in [0.4, 0.5) is 0 Å². The Balaban J connectivity index is 2.05. The maximum absolute atomic E-state index is 5.79. The van der Waals surface area contributed by atoms with Crippen LogP contribution in [-0.2, 0) is 19.6 Å². The van der Waals surface area contributed by atoms with Crippen molar-refractivity contribution in [3.05, 3.63) is 53.1 Å². The third-order valence-electron chi connectivity index (χ3n) is 2.90. The van der Waals surface area contributed by atoms with Crippen LogP contribution in [0.2, 0.25) is 0 Å². The lowest BCUT2D eigenvalue weighted by molar-refractivity contribution is 0.296. The zero-order valence-electron chi connectivity index (χ0n) is 11.4. The summed E-state index contributed by atoms with van der Waals surface area (Å²) in [5.74, 6) is 0.831. The van der Waals surface area contributed by atoms with Gasteiger partial charge in [-0.05, 0) is 37.1 Å². The van der Waals surface area contributed by atoms with Crippen LogP contribution in [0.3, 0.4) is 0 Å². The van der Waals surface area contributed by atoms with Crippen LogP contribution >= 0.6 is 0 Å². The summed E-state index contributed by atoms with van der Waals surface area (Å²) in [6.45, 7) is 5.01. The highest BCUT2D eigenvalue weighted by Crippen LogP contribution is 2.18. The van der Waals surface area contributed by atoms with Crippen LogP contribution < -0.4 is 10.5 Å². The number of aryl methyl sites for hydroxylation is 2. The lowest BCUT2D eigenvalue weighted by Crippen LogP contribution is -2.03. The molecule has 0 aliphatic heterocycles. The number of nitrogens with two attached hydrogens (primary N) is 1. The van der Waals surface area contributed by atoms with E-state index in [9.17, 15) is 0 Å². The smallest absolute Gasteiger partial charge is 0.141 e. The summed E-state index contributed by atoms with van der Waals surface area (Å²) < 4.78 is 5.79. The van der Waals surface area contributed by atoms with Crippen molar-refractivity contribution in [1.82, 2.24) is 9.97 Å². The van der Waals surface area contributed by atoms with Crippen molar-refractivity contribution in [2.24, 2.45) is 5.73 Å². The van der Waals surface area contributed by atoms with E-state index in [0.717, 1.165) is 34.8 Å². The fraction of sp³-hybridized carbons (Fsp3) is 0.333. The van der Waals surface area contributed by atoms with E-state index in [1.165, 1.54) is 0 Å². The van der Waals surface area contributed by atoms with Crippen LogP contribution in [0.15, 0.2) is 30.5 Å². The van der Waals surface area contributed by atoms with Crippen molar-refractivity contribution in [3.63, 3.8) is 0 Å². The highest BCUT2D eigenvalue weighted by Gasteiger charge is 2.05. The third kappa shape index (κ3) is 3.51. The van der Waals surface area contributed by atoms with Gasteiger partial charge in [-0.3, -0.25) is 9.97 Å². The van der Waals surface area contributed by atoms with Crippen molar-refractivity contribution in [2.45, 2.75) is 33.4 Å². The molecule has 2 aromatic heterocycles. The average Bonchev–Trinajstić information content (AvgIpc) is 2.46. The molecule has 0 aliphatic carbocycles. The fourth-order valence-electron chi connectivity index (χ4n) is 1.80. The van der Waals surface area contributed by atoms with Gasteiger partial charge in [0.05, 0.1) is 11.4 Å². The first-order valence-corrected chi connectivity index (χ1v) is 6.46. The van der Waals surface area contributed by atoms with E-state index in [1.54, 1.807) is 6.20 Å². The Bertz CT molecular complexity index is 538. The highest BCUT2D eigenvalue weighted by molar-refractivity contribution is 5.29. The molecule has 4 heteroatoms. The SMILES string of the molecule is CCc1nc(C)ccc1OCc1ccc(CN)cn1. The maximum atomic E-state index is 5.79. The molecule has 0 fully saturated rings. The molecular weight excluding hydrogens is 238 g/mol. The number of rotatable bonds is 5. The molecule has 2 N–H and O–H groups in total. The topological polar surface area (TPSA) is 61.0 Å². The lowest BCUT2D eigenvalue weighted by Gasteiger charge is -2.10. The van der Waals surface area contributed by atoms with Crippen LogP contribution in [-0.4, -0.2) is 9.97 Å². The van der Waals surface area contributed by atoms with Gasteiger partial charge >= 0.3 is 0 Å². The van der Waals surface area contributed by atoms with E-state index >= 15 is 0 Å². The van der Waals surface area contributed by atoms with E-state index < -0.39 is 0 Å². The summed E-state index contributed by atoms with van der Waals surface area (Å²) in [7, 11) is 0. The summed E-state index contributed by atoms with van der Waals surface area (Å²) in [6.07, 6.45) is 2.64. The molecule has 0 atom stereocenters. The molecule has 0 saturated heterocycles. The van der Waals surface area contributed by atoms with Crippen LogP contribution in [0.1, 0.15) is 29.6 Å². The summed E-state index contributed by atoms with van der Waals surface area (Å²) in [6, 6.07) is 7.84. The standard InChI is InChI=1S/C15H19N3O/c1-3-14-15(7-4-11(2)18-14)19-10-13-6-5-12(8-16)9-17-13/h4-7,9H,3,8,10,16H2,1-2H3. The van der Waals surface area contributed by atoms with Gasteiger partial charge < -0.3 is 10.5 Å². The molecule has 0 spiro atoms. The van der Waals surface area contributed by atoms with Gasteiger partial charge in [0.15, 0.2) is 0 Å². The molecular formula is C15H19N3O. The highest BCUT2D eigenvalue weighted by atomic mass is 16.5. The molecule has 2 heterocycles. The van der Waals surface area contributed by atoms with Crippen molar-refractivity contribution in [2.75, 3.05) is 0 Å². The minimum absolute atomic E-state index is 0.447. The van der Waals surface area contributed by atoms with Gasteiger partial charge in [-0.25, -0.2) is 0 Å². The Morgan fingerprint density at radius 2 is 2.05 bits per heavy atom. The van der Waals surface area contributed by atoms with Crippen molar-refractivity contribution >= 4 is 0 Å². The molecule has 0 saturated carbocycles. The van der Waals surface area contributed by atoms with Gasteiger partial charge in [0.2, 0.25) is 0 Å². The molecule has 0 bridgehead atoms. The molecule has 19 heavy (non-hydrogen) atoms. The lowest BCUT2D eigenvalue weighted by atomic mass is 10.2. The second-order valence-corrected chi connectivity index (χ2v) is 4.40. The molecule has 0 aliphatic rings. The van der Waals surface area contributed by atoms with Crippen molar-refractivity contribution in [1.29, 1.82) is 0 Å². The monoisotopic (exact) mass is 257 g/mol. The Morgan fingerprint density at radius 3 is 2.68 bits per heavy atom. The Kier molecular flexibility index (Phi) is 4.47. The predicted octanol–water partition coefficient (Wildman–Crippen LogP) is 2.39. The van der Waals surface area contributed by atoms with E-state index in [1.807, 2.05) is 31.2 Å². The second-order valence-electron chi connectivity index (χ2n) is 4.40. The number of ether oxygens (including phenoxy) is 1. The molecule has 0 amide bonds. The molecule has 4 nitrogen and oxygen atoms in total. The Morgan fingerprint density at radius 1 is 1.21 bits per heavy atom. The molecule has 0 unspecified atom stereocenters. The Hall–Kier alpha value is -1.94. The summed E-state index contributed by atoms with van der Waals surface area (Å²) >= 11 is 0. The first kappa shape index (κ1) is 13.5. The van der Waals surface area contributed by atoms with Crippen LogP contribution in [0.25, 0.3) is 0 Å². The number of pyridine rings is 2. The normalized spacial score (nSPS) is 10.5. The second kappa shape index (κ2) is 6.29. The minimum atomic E-state index is 0.447. The van der Waals surface area contributed by atoms with E-state index in [-0.39, 0.29) is 0 Å². The predicted molar refractivity (Wildman–Crippen MR) is 74.8 cm³/mol. The van der Waals surface area contributed by atoms with Gasteiger partial charge in [0.1, 0.15) is 12.4 Å². The first-order chi connectivity index (χ1) is 9.22. The van der Waals surface area contributed by atoms with Gasteiger partial charge in [-0.15, -0.1) is 0 Å².